The van der Waals surface area contributed by atoms with Gasteiger partial charge in [-0.15, -0.1) is 5.10 Å². The molecule has 2 aromatic carbocycles. The first-order chi connectivity index (χ1) is 11.7. The Balaban J connectivity index is 1.83. The summed E-state index contributed by atoms with van der Waals surface area (Å²) < 4.78 is 7.61. The third kappa shape index (κ3) is 2.58. The molecule has 24 heavy (non-hydrogen) atoms. The molecule has 0 amide bonds. The molecule has 0 aliphatic heterocycles. The maximum absolute atomic E-state index is 6.01. The van der Waals surface area contributed by atoms with E-state index < -0.39 is 0 Å². The van der Waals surface area contributed by atoms with Gasteiger partial charge in [0.2, 0.25) is 5.88 Å². The van der Waals surface area contributed by atoms with E-state index in [9.17, 15) is 0 Å². The molecule has 2 aromatic heterocycles. The predicted octanol–water partition coefficient (Wildman–Crippen LogP) is 3.60. The van der Waals surface area contributed by atoms with Crippen molar-refractivity contribution >= 4 is 5.65 Å². The Morgan fingerprint density at radius 1 is 0.958 bits per heavy atom. The van der Waals surface area contributed by atoms with Gasteiger partial charge >= 0.3 is 0 Å². The van der Waals surface area contributed by atoms with E-state index in [2.05, 4.69) is 26.6 Å². The standard InChI is InChI=1S/C18H15N5O/c1-12-8-9-13(2)15(10-12)24-17-11-16-20-21-22-23(16)18(19-17)14-6-4-3-5-7-14/h3-11H,1-2H3. The van der Waals surface area contributed by atoms with Crippen molar-refractivity contribution in [1.29, 1.82) is 0 Å². The highest BCUT2D eigenvalue weighted by Crippen LogP contribution is 2.27. The number of rotatable bonds is 3. The quantitative estimate of drug-likeness (QED) is 0.577. The van der Waals surface area contributed by atoms with Gasteiger partial charge in [-0.2, -0.15) is 9.50 Å². The molecule has 0 radical (unpaired) electrons. The van der Waals surface area contributed by atoms with Crippen molar-refractivity contribution in [2.24, 2.45) is 0 Å². The van der Waals surface area contributed by atoms with E-state index >= 15 is 0 Å². The monoisotopic (exact) mass is 317 g/mol. The fourth-order valence-electron chi connectivity index (χ4n) is 2.49. The molecular formula is C18H15N5O. The van der Waals surface area contributed by atoms with Gasteiger partial charge in [-0.3, -0.25) is 0 Å². The molecule has 0 bridgehead atoms. The second-order valence-corrected chi connectivity index (χ2v) is 5.60. The number of nitrogens with zero attached hydrogens (tertiary/aromatic N) is 5. The van der Waals surface area contributed by atoms with Crippen molar-refractivity contribution in [3.63, 3.8) is 0 Å². The summed E-state index contributed by atoms with van der Waals surface area (Å²) >= 11 is 0. The number of aryl methyl sites for hydroxylation is 2. The molecule has 0 aliphatic rings. The number of tetrazole rings is 1. The molecule has 0 N–H and O–H groups in total. The van der Waals surface area contributed by atoms with Crippen LogP contribution in [0.2, 0.25) is 0 Å². The maximum Gasteiger partial charge on any atom is 0.225 e. The fourth-order valence-corrected chi connectivity index (χ4v) is 2.49. The summed E-state index contributed by atoms with van der Waals surface area (Å²) in [5.41, 5.74) is 3.68. The highest BCUT2D eigenvalue weighted by molar-refractivity contribution is 5.60. The SMILES string of the molecule is Cc1ccc(C)c(Oc2cc3nnnn3c(-c3ccccc3)n2)c1. The van der Waals surface area contributed by atoms with Crippen LogP contribution < -0.4 is 4.74 Å². The summed E-state index contributed by atoms with van der Waals surface area (Å²) in [6.07, 6.45) is 0. The Labute approximate surface area is 138 Å². The van der Waals surface area contributed by atoms with E-state index in [4.69, 9.17) is 4.74 Å². The first-order valence-electron chi connectivity index (χ1n) is 7.60. The average Bonchev–Trinajstić information content (AvgIpc) is 3.07. The number of hydrogen-bond donors (Lipinski definition) is 0. The van der Waals surface area contributed by atoms with Crippen molar-refractivity contribution in [1.82, 2.24) is 25.0 Å². The van der Waals surface area contributed by atoms with Crippen LogP contribution in [-0.4, -0.2) is 25.0 Å². The van der Waals surface area contributed by atoms with Gasteiger partial charge in [0, 0.05) is 11.6 Å². The van der Waals surface area contributed by atoms with Crippen molar-refractivity contribution in [3.8, 4) is 23.0 Å². The highest BCUT2D eigenvalue weighted by Gasteiger charge is 2.12. The number of benzene rings is 2. The van der Waals surface area contributed by atoms with Gasteiger partial charge in [-0.05, 0) is 41.5 Å². The highest BCUT2D eigenvalue weighted by atomic mass is 16.5. The second-order valence-electron chi connectivity index (χ2n) is 5.60. The third-order valence-corrected chi connectivity index (χ3v) is 3.75. The molecule has 0 fully saturated rings. The lowest BCUT2D eigenvalue weighted by Crippen LogP contribution is -2.00. The van der Waals surface area contributed by atoms with Crippen LogP contribution in [-0.2, 0) is 0 Å². The number of hydrogen-bond acceptors (Lipinski definition) is 5. The molecule has 0 aliphatic carbocycles. The minimum absolute atomic E-state index is 0.463. The van der Waals surface area contributed by atoms with Crippen LogP contribution in [0.1, 0.15) is 11.1 Å². The zero-order valence-electron chi connectivity index (χ0n) is 13.3. The fraction of sp³-hybridized carbons (Fsp3) is 0.111. The molecule has 4 aromatic rings. The van der Waals surface area contributed by atoms with E-state index in [-0.39, 0.29) is 0 Å². The van der Waals surface area contributed by atoms with Crippen LogP contribution in [0.5, 0.6) is 11.6 Å². The zero-order valence-corrected chi connectivity index (χ0v) is 13.3. The van der Waals surface area contributed by atoms with Gasteiger partial charge in [0.15, 0.2) is 11.5 Å². The van der Waals surface area contributed by atoms with E-state index in [1.165, 1.54) is 0 Å². The lowest BCUT2D eigenvalue weighted by Gasteiger charge is -2.10. The van der Waals surface area contributed by atoms with Gasteiger partial charge in [-0.1, -0.05) is 42.5 Å². The normalized spacial score (nSPS) is 10.9. The molecule has 0 saturated heterocycles. The van der Waals surface area contributed by atoms with Crippen LogP contribution in [0.25, 0.3) is 17.0 Å². The summed E-state index contributed by atoms with van der Waals surface area (Å²) in [6.45, 7) is 4.03. The van der Waals surface area contributed by atoms with Crippen LogP contribution in [0, 0.1) is 13.8 Å². The van der Waals surface area contributed by atoms with Gasteiger partial charge in [0.1, 0.15) is 5.75 Å². The van der Waals surface area contributed by atoms with Gasteiger partial charge in [0.05, 0.1) is 0 Å². The van der Waals surface area contributed by atoms with Crippen LogP contribution in [0.3, 0.4) is 0 Å². The van der Waals surface area contributed by atoms with Crippen molar-refractivity contribution in [2.75, 3.05) is 0 Å². The predicted molar refractivity (Wildman–Crippen MR) is 90.0 cm³/mol. The second kappa shape index (κ2) is 5.73. The Morgan fingerprint density at radius 3 is 2.62 bits per heavy atom. The maximum atomic E-state index is 6.01. The zero-order chi connectivity index (χ0) is 16.5. The summed E-state index contributed by atoms with van der Waals surface area (Å²) in [6, 6.07) is 17.6. The Kier molecular flexibility index (Phi) is 3.42. The molecule has 0 atom stereocenters. The Bertz CT molecular complexity index is 1010. The molecule has 4 rings (SSSR count). The summed E-state index contributed by atoms with van der Waals surface area (Å²) in [5, 5.41) is 11.8. The first-order valence-corrected chi connectivity index (χ1v) is 7.60. The molecule has 0 saturated carbocycles. The summed E-state index contributed by atoms with van der Waals surface area (Å²) in [5.74, 6) is 1.88. The molecule has 2 heterocycles. The number of fused-ring (bicyclic) bond motifs is 1. The van der Waals surface area contributed by atoms with E-state index in [0.717, 1.165) is 22.4 Å². The largest absolute Gasteiger partial charge is 0.439 e. The molecule has 6 heteroatoms. The summed E-state index contributed by atoms with van der Waals surface area (Å²) in [4.78, 5) is 4.61. The summed E-state index contributed by atoms with van der Waals surface area (Å²) in [7, 11) is 0. The average molecular weight is 317 g/mol. The number of aromatic nitrogens is 5. The van der Waals surface area contributed by atoms with Gasteiger partial charge in [-0.25, -0.2) is 0 Å². The van der Waals surface area contributed by atoms with E-state index in [1.54, 1.807) is 10.6 Å². The smallest absolute Gasteiger partial charge is 0.225 e. The molecule has 118 valence electrons. The molecule has 6 nitrogen and oxygen atoms in total. The third-order valence-electron chi connectivity index (χ3n) is 3.75. The van der Waals surface area contributed by atoms with Crippen molar-refractivity contribution < 1.29 is 4.74 Å². The van der Waals surface area contributed by atoms with Crippen LogP contribution in [0.15, 0.2) is 54.6 Å². The first kappa shape index (κ1) is 14.3. The topological polar surface area (TPSA) is 65.2 Å². The van der Waals surface area contributed by atoms with E-state index in [0.29, 0.717) is 17.4 Å². The lowest BCUT2D eigenvalue weighted by molar-refractivity contribution is 0.458. The minimum Gasteiger partial charge on any atom is -0.439 e. The number of ether oxygens (including phenoxy) is 1. The van der Waals surface area contributed by atoms with Crippen molar-refractivity contribution in [2.45, 2.75) is 13.8 Å². The van der Waals surface area contributed by atoms with Gasteiger partial charge < -0.3 is 4.74 Å². The minimum atomic E-state index is 0.463. The van der Waals surface area contributed by atoms with Gasteiger partial charge in [0.25, 0.3) is 0 Å². The Morgan fingerprint density at radius 2 is 1.79 bits per heavy atom. The molecule has 0 spiro atoms. The lowest BCUT2D eigenvalue weighted by atomic mass is 10.1. The molecule has 0 unspecified atom stereocenters. The Hall–Kier alpha value is -3.28. The van der Waals surface area contributed by atoms with Crippen LogP contribution in [0.4, 0.5) is 0 Å². The van der Waals surface area contributed by atoms with Crippen LogP contribution >= 0.6 is 0 Å². The molecular weight excluding hydrogens is 302 g/mol. The van der Waals surface area contributed by atoms with Crippen molar-refractivity contribution in [3.05, 3.63) is 65.7 Å². The van der Waals surface area contributed by atoms with E-state index in [1.807, 2.05) is 56.3 Å².